The van der Waals surface area contributed by atoms with Gasteiger partial charge in [0.2, 0.25) is 5.91 Å². The van der Waals surface area contributed by atoms with Gasteiger partial charge in [0.15, 0.2) is 0 Å². The molecule has 0 bridgehead atoms. The minimum Gasteiger partial charge on any atom is -0.497 e. The molecule has 0 radical (unpaired) electrons. The lowest BCUT2D eigenvalue weighted by Gasteiger charge is -2.35. The van der Waals surface area contributed by atoms with E-state index in [0.29, 0.717) is 0 Å². The van der Waals surface area contributed by atoms with Crippen LogP contribution in [0.3, 0.4) is 0 Å². The molecule has 3 amide bonds. The van der Waals surface area contributed by atoms with Crippen molar-refractivity contribution in [1.29, 1.82) is 0 Å². The SMILES string of the molecule is COc1ccc(N2CCN(CC(=O)NC(N)=O)CC2)cc1. The van der Waals surface area contributed by atoms with E-state index in [1.165, 1.54) is 0 Å². The van der Waals surface area contributed by atoms with E-state index < -0.39 is 6.03 Å². The van der Waals surface area contributed by atoms with Gasteiger partial charge in [-0.3, -0.25) is 15.0 Å². The molecule has 1 fully saturated rings. The molecule has 7 heteroatoms. The summed E-state index contributed by atoms with van der Waals surface area (Å²) >= 11 is 0. The van der Waals surface area contributed by atoms with Crippen molar-refractivity contribution in [2.45, 2.75) is 0 Å². The van der Waals surface area contributed by atoms with E-state index in [1.807, 2.05) is 29.2 Å². The summed E-state index contributed by atoms with van der Waals surface area (Å²) in [7, 11) is 1.64. The van der Waals surface area contributed by atoms with Gasteiger partial charge < -0.3 is 15.4 Å². The fourth-order valence-electron chi connectivity index (χ4n) is 2.34. The lowest BCUT2D eigenvalue weighted by Crippen LogP contribution is -2.50. The second-order valence-electron chi connectivity index (χ2n) is 4.87. The van der Waals surface area contributed by atoms with Crippen LogP contribution < -0.4 is 20.7 Å². The summed E-state index contributed by atoms with van der Waals surface area (Å²) in [5.74, 6) is 0.473. The Kier molecular flexibility index (Phi) is 4.99. The Morgan fingerprint density at radius 3 is 2.33 bits per heavy atom. The van der Waals surface area contributed by atoms with Crippen LogP contribution in [0.15, 0.2) is 24.3 Å². The van der Waals surface area contributed by atoms with Crippen molar-refractivity contribution >= 4 is 17.6 Å². The number of imide groups is 1. The lowest BCUT2D eigenvalue weighted by atomic mass is 10.2. The van der Waals surface area contributed by atoms with Crippen molar-refractivity contribution < 1.29 is 14.3 Å². The third-order valence-corrected chi connectivity index (χ3v) is 3.44. The number of nitrogens with zero attached hydrogens (tertiary/aromatic N) is 2. The van der Waals surface area contributed by atoms with Gasteiger partial charge in [-0.1, -0.05) is 0 Å². The molecule has 2 rings (SSSR count). The molecule has 7 nitrogen and oxygen atoms in total. The van der Waals surface area contributed by atoms with E-state index in [4.69, 9.17) is 10.5 Å². The highest BCUT2D eigenvalue weighted by Crippen LogP contribution is 2.20. The number of rotatable bonds is 4. The van der Waals surface area contributed by atoms with E-state index in [9.17, 15) is 9.59 Å². The van der Waals surface area contributed by atoms with Crippen molar-refractivity contribution in [2.75, 3.05) is 44.7 Å². The number of piperazine rings is 1. The first-order valence-electron chi connectivity index (χ1n) is 6.79. The molecule has 0 aliphatic carbocycles. The first-order chi connectivity index (χ1) is 10.1. The van der Waals surface area contributed by atoms with Crippen molar-refractivity contribution in [3.05, 3.63) is 24.3 Å². The molecule has 0 unspecified atom stereocenters. The largest absolute Gasteiger partial charge is 0.497 e. The predicted octanol–water partition coefficient (Wildman–Crippen LogP) is 0.0121. The monoisotopic (exact) mass is 292 g/mol. The Morgan fingerprint density at radius 2 is 1.81 bits per heavy atom. The molecule has 3 N–H and O–H groups in total. The smallest absolute Gasteiger partial charge is 0.318 e. The molecule has 1 saturated heterocycles. The van der Waals surface area contributed by atoms with E-state index in [-0.39, 0.29) is 12.5 Å². The number of methoxy groups -OCH3 is 1. The number of hydrogen-bond acceptors (Lipinski definition) is 5. The number of primary amides is 1. The fourth-order valence-corrected chi connectivity index (χ4v) is 2.34. The number of hydrogen-bond donors (Lipinski definition) is 2. The van der Waals surface area contributed by atoms with Crippen LogP contribution in [-0.4, -0.2) is 56.7 Å². The average Bonchev–Trinajstić information content (AvgIpc) is 2.47. The van der Waals surface area contributed by atoms with Crippen molar-refractivity contribution in [2.24, 2.45) is 5.73 Å². The zero-order valence-corrected chi connectivity index (χ0v) is 12.0. The second-order valence-corrected chi connectivity index (χ2v) is 4.87. The summed E-state index contributed by atoms with van der Waals surface area (Å²) in [5, 5.41) is 2.08. The first kappa shape index (κ1) is 15.1. The molecule has 0 aromatic heterocycles. The van der Waals surface area contributed by atoms with Crippen LogP contribution in [0.4, 0.5) is 10.5 Å². The van der Waals surface area contributed by atoms with Crippen LogP contribution >= 0.6 is 0 Å². The topological polar surface area (TPSA) is 87.9 Å². The van der Waals surface area contributed by atoms with Gasteiger partial charge in [0, 0.05) is 31.9 Å². The highest BCUT2D eigenvalue weighted by molar-refractivity contribution is 5.94. The summed E-state index contributed by atoms with van der Waals surface area (Å²) in [6, 6.07) is 7.10. The Balaban J connectivity index is 1.82. The molecule has 1 aromatic rings. The predicted molar refractivity (Wildman–Crippen MR) is 79.4 cm³/mol. The van der Waals surface area contributed by atoms with Gasteiger partial charge >= 0.3 is 6.03 Å². The highest BCUT2D eigenvalue weighted by Gasteiger charge is 2.19. The van der Waals surface area contributed by atoms with Gasteiger partial charge in [0.05, 0.1) is 13.7 Å². The standard InChI is InChI=1S/C14H20N4O3/c1-21-12-4-2-11(3-5-12)18-8-6-17(7-9-18)10-13(19)16-14(15)20/h2-5H,6-10H2,1H3,(H3,15,16,19,20). The van der Waals surface area contributed by atoms with Crippen LogP contribution in [0.5, 0.6) is 5.75 Å². The Morgan fingerprint density at radius 1 is 1.19 bits per heavy atom. The van der Waals surface area contributed by atoms with Crippen LogP contribution in [0.1, 0.15) is 0 Å². The number of amides is 3. The fraction of sp³-hybridized carbons (Fsp3) is 0.429. The third kappa shape index (κ3) is 4.35. The van der Waals surface area contributed by atoms with Gasteiger partial charge in [-0.15, -0.1) is 0 Å². The number of carbonyl (C=O) groups excluding carboxylic acids is 2. The lowest BCUT2D eigenvalue weighted by molar-refractivity contribution is -0.121. The first-order valence-corrected chi connectivity index (χ1v) is 6.79. The normalized spacial score (nSPS) is 15.6. The Hall–Kier alpha value is -2.28. The van der Waals surface area contributed by atoms with E-state index in [2.05, 4.69) is 10.2 Å². The van der Waals surface area contributed by atoms with Crippen LogP contribution in [0, 0.1) is 0 Å². The third-order valence-electron chi connectivity index (χ3n) is 3.44. The minimum atomic E-state index is -0.808. The molecule has 1 heterocycles. The molecule has 1 aliphatic rings. The maximum Gasteiger partial charge on any atom is 0.318 e. The van der Waals surface area contributed by atoms with Gasteiger partial charge in [-0.25, -0.2) is 4.79 Å². The molecule has 0 saturated carbocycles. The Bertz CT molecular complexity index is 495. The maximum absolute atomic E-state index is 11.5. The van der Waals surface area contributed by atoms with Gasteiger partial charge in [0.1, 0.15) is 5.75 Å². The zero-order valence-electron chi connectivity index (χ0n) is 12.0. The number of nitrogens with one attached hydrogen (secondary N) is 1. The number of anilines is 1. The van der Waals surface area contributed by atoms with Crippen molar-refractivity contribution in [3.63, 3.8) is 0 Å². The van der Waals surface area contributed by atoms with Crippen molar-refractivity contribution in [1.82, 2.24) is 10.2 Å². The van der Waals surface area contributed by atoms with Gasteiger partial charge in [-0.05, 0) is 24.3 Å². The quantitative estimate of drug-likeness (QED) is 0.816. The van der Waals surface area contributed by atoms with E-state index >= 15 is 0 Å². The summed E-state index contributed by atoms with van der Waals surface area (Å²) in [6.45, 7) is 3.38. The van der Waals surface area contributed by atoms with Crippen LogP contribution in [0.25, 0.3) is 0 Å². The molecule has 21 heavy (non-hydrogen) atoms. The van der Waals surface area contributed by atoms with E-state index in [0.717, 1.165) is 37.6 Å². The number of ether oxygens (including phenoxy) is 1. The molecule has 0 atom stereocenters. The average molecular weight is 292 g/mol. The summed E-state index contributed by atoms with van der Waals surface area (Å²) in [4.78, 5) is 26.3. The number of carbonyl (C=O) groups is 2. The van der Waals surface area contributed by atoms with Crippen LogP contribution in [-0.2, 0) is 4.79 Å². The molecule has 1 aromatic carbocycles. The van der Waals surface area contributed by atoms with Gasteiger partial charge in [0.25, 0.3) is 0 Å². The van der Waals surface area contributed by atoms with Crippen molar-refractivity contribution in [3.8, 4) is 5.75 Å². The van der Waals surface area contributed by atoms with Crippen LogP contribution in [0.2, 0.25) is 0 Å². The zero-order chi connectivity index (χ0) is 15.2. The second kappa shape index (κ2) is 6.94. The summed E-state index contributed by atoms with van der Waals surface area (Å²) in [6.07, 6.45) is 0. The molecule has 114 valence electrons. The maximum atomic E-state index is 11.5. The summed E-state index contributed by atoms with van der Waals surface area (Å²) in [5.41, 5.74) is 6.05. The molecule has 1 aliphatic heterocycles. The number of urea groups is 1. The minimum absolute atomic E-state index is 0.194. The number of benzene rings is 1. The Labute approximate surface area is 123 Å². The molecule has 0 spiro atoms. The van der Waals surface area contributed by atoms with E-state index in [1.54, 1.807) is 7.11 Å². The summed E-state index contributed by atoms with van der Waals surface area (Å²) < 4.78 is 5.14. The molecular weight excluding hydrogens is 272 g/mol. The molecular formula is C14H20N4O3. The number of nitrogens with two attached hydrogens (primary N) is 1. The van der Waals surface area contributed by atoms with Gasteiger partial charge in [-0.2, -0.15) is 0 Å². The highest BCUT2D eigenvalue weighted by atomic mass is 16.5.